The van der Waals surface area contributed by atoms with Crippen LogP contribution in [0.2, 0.25) is 0 Å². The van der Waals surface area contributed by atoms with Crippen LogP contribution in [0, 0.1) is 0 Å². The highest BCUT2D eigenvalue weighted by Crippen LogP contribution is 2.28. The lowest BCUT2D eigenvalue weighted by molar-refractivity contribution is 0.0910. The molecule has 0 bridgehead atoms. The Balaban J connectivity index is 1.47. The maximum absolute atomic E-state index is 11.5. The van der Waals surface area contributed by atoms with Gasteiger partial charge in [0.1, 0.15) is 6.61 Å². The van der Waals surface area contributed by atoms with Gasteiger partial charge in [-0.15, -0.1) is 0 Å². The first-order valence-electron chi connectivity index (χ1n) is 7.05. The van der Waals surface area contributed by atoms with Crippen LogP contribution in [0.3, 0.4) is 0 Å². The van der Waals surface area contributed by atoms with E-state index >= 15 is 0 Å². The van der Waals surface area contributed by atoms with Crippen LogP contribution >= 0.6 is 0 Å². The second kappa shape index (κ2) is 4.23. The summed E-state index contributed by atoms with van der Waals surface area (Å²) < 4.78 is 5.13. The van der Waals surface area contributed by atoms with Crippen molar-refractivity contribution < 1.29 is 9.53 Å². The summed E-state index contributed by atoms with van der Waals surface area (Å²) in [6.07, 6.45) is 2.18. The summed E-state index contributed by atoms with van der Waals surface area (Å²) in [4.78, 5) is 15.9. The number of rotatable bonds is 1. The van der Waals surface area contributed by atoms with E-state index in [1.807, 2.05) is 4.90 Å². The molecule has 0 radical (unpaired) electrons. The van der Waals surface area contributed by atoms with E-state index in [2.05, 4.69) is 29.2 Å². The normalized spacial score (nSPS) is 27.3. The van der Waals surface area contributed by atoms with E-state index in [9.17, 15) is 4.79 Å². The van der Waals surface area contributed by atoms with Gasteiger partial charge in [-0.25, -0.2) is 4.79 Å². The van der Waals surface area contributed by atoms with Crippen molar-refractivity contribution in [1.82, 2.24) is 9.80 Å². The van der Waals surface area contributed by atoms with E-state index in [0.717, 1.165) is 32.5 Å². The number of ether oxygens (including phenoxy) is 1. The number of hydrogen-bond donors (Lipinski definition) is 0. The van der Waals surface area contributed by atoms with Crippen molar-refractivity contribution in [2.75, 3.05) is 26.2 Å². The molecule has 4 rings (SSSR count). The predicted octanol–water partition coefficient (Wildman–Crippen LogP) is 1.29. The van der Waals surface area contributed by atoms with Crippen LogP contribution in [0.4, 0.5) is 4.79 Å². The van der Waals surface area contributed by atoms with Gasteiger partial charge in [-0.05, 0) is 24.0 Å². The highest BCUT2D eigenvalue weighted by Gasteiger charge is 2.40. The smallest absolute Gasteiger partial charge is 0.410 e. The fourth-order valence-electron chi connectivity index (χ4n) is 3.64. The maximum Gasteiger partial charge on any atom is 0.410 e. The van der Waals surface area contributed by atoms with E-state index in [-0.39, 0.29) is 12.1 Å². The van der Waals surface area contributed by atoms with Crippen molar-refractivity contribution >= 4 is 6.09 Å². The fraction of sp³-hybridized carbons (Fsp3) is 0.533. The first kappa shape index (κ1) is 11.3. The van der Waals surface area contributed by atoms with Crippen molar-refractivity contribution in [3.63, 3.8) is 0 Å². The van der Waals surface area contributed by atoms with Crippen LogP contribution in [0.5, 0.6) is 0 Å². The van der Waals surface area contributed by atoms with Gasteiger partial charge in [0.15, 0.2) is 0 Å². The molecule has 0 N–H and O–H groups in total. The SMILES string of the molecule is O=C1OCC2CN(C3Cc4ccccc4C3)CCN12. The van der Waals surface area contributed by atoms with Gasteiger partial charge in [-0.3, -0.25) is 9.80 Å². The molecule has 1 unspecified atom stereocenters. The largest absolute Gasteiger partial charge is 0.447 e. The summed E-state index contributed by atoms with van der Waals surface area (Å²) in [5.74, 6) is 0. The Kier molecular flexibility index (Phi) is 2.52. The highest BCUT2D eigenvalue weighted by atomic mass is 16.6. The molecule has 100 valence electrons. The molecule has 0 aromatic heterocycles. The number of carbonyl (C=O) groups excluding carboxylic acids is 1. The van der Waals surface area contributed by atoms with Crippen molar-refractivity contribution in [3.05, 3.63) is 35.4 Å². The Morgan fingerprint density at radius 1 is 1.05 bits per heavy atom. The second-order valence-corrected chi connectivity index (χ2v) is 5.75. The Hall–Kier alpha value is -1.55. The number of hydrogen-bond acceptors (Lipinski definition) is 3. The average molecular weight is 258 g/mol. The number of nitrogens with zero attached hydrogens (tertiary/aromatic N) is 2. The van der Waals surface area contributed by atoms with E-state index in [4.69, 9.17) is 4.74 Å². The van der Waals surface area contributed by atoms with Gasteiger partial charge in [0, 0.05) is 25.7 Å². The lowest BCUT2D eigenvalue weighted by atomic mass is 10.1. The molecule has 2 saturated heterocycles. The van der Waals surface area contributed by atoms with Gasteiger partial charge >= 0.3 is 6.09 Å². The zero-order valence-corrected chi connectivity index (χ0v) is 10.9. The Morgan fingerprint density at radius 2 is 1.79 bits per heavy atom. The molecule has 4 nitrogen and oxygen atoms in total. The minimum atomic E-state index is -0.126. The van der Waals surface area contributed by atoms with Gasteiger partial charge in [-0.2, -0.15) is 0 Å². The molecule has 1 atom stereocenters. The van der Waals surface area contributed by atoms with Crippen molar-refractivity contribution in [2.45, 2.75) is 24.9 Å². The monoisotopic (exact) mass is 258 g/mol. The number of piperazine rings is 1. The van der Waals surface area contributed by atoms with E-state index < -0.39 is 0 Å². The fourth-order valence-corrected chi connectivity index (χ4v) is 3.64. The summed E-state index contributed by atoms with van der Waals surface area (Å²) >= 11 is 0. The first-order chi connectivity index (χ1) is 9.31. The van der Waals surface area contributed by atoms with Gasteiger partial charge in [-0.1, -0.05) is 24.3 Å². The first-order valence-corrected chi connectivity index (χ1v) is 7.05. The third-order valence-electron chi connectivity index (χ3n) is 4.69. The lowest BCUT2D eigenvalue weighted by Crippen LogP contribution is -2.55. The summed E-state index contributed by atoms with van der Waals surface area (Å²) in [6, 6.07) is 9.62. The molecule has 2 fully saturated rings. The van der Waals surface area contributed by atoms with Crippen molar-refractivity contribution in [2.24, 2.45) is 0 Å². The average Bonchev–Trinajstić information content (AvgIpc) is 3.02. The number of cyclic esters (lactones) is 1. The summed E-state index contributed by atoms with van der Waals surface area (Å²) in [5, 5.41) is 0. The molecule has 1 amide bonds. The molecule has 3 aliphatic rings. The number of amides is 1. The number of benzene rings is 1. The topological polar surface area (TPSA) is 32.8 Å². The third kappa shape index (κ3) is 1.82. The van der Waals surface area contributed by atoms with E-state index in [0.29, 0.717) is 12.6 Å². The van der Waals surface area contributed by atoms with E-state index in [1.54, 1.807) is 0 Å². The maximum atomic E-state index is 11.5. The lowest BCUT2D eigenvalue weighted by Gasteiger charge is -2.38. The summed E-state index contributed by atoms with van der Waals surface area (Å²) in [7, 11) is 0. The quantitative estimate of drug-likeness (QED) is 0.761. The van der Waals surface area contributed by atoms with Crippen molar-refractivity contribution in [3.8, 4) is 0 Å². The molecule has 0 spiro atoms. The Bertz CT molecular complexity index is 492. The van der Waals surface area contributed by atoms with Gasteiger partial charge < -0.3 is 4.74 Å². The predicted molar refractivity (Wildman–Crippen MR) is 71.1 cm³/mol. The molecule has 1 aromatic carbocycles. The van der Waals surface area contributed by atoms with Crippen LogP contribution < -0.4 is 0 Å². The summed E-state index contributed by atoms with van der Waals surface area (Å²) in [5.41, 5.74) is 2.99. The molecule has 19 heavy (non-hydrogen) atoms. The Labute approximate surface area is 112 Å². The third-order valence-corrected chi connectivity index (χ3v) is 4.69. The van der Waals surface area contributed by atoms with Crippen LogP contribution in [0.25, 0.3) is 0 Å². The minimum Gasteiger partial charge on any atom is -0.447 e. The van der Waals surface area contributed by atoms with Crippen molar-refractivity contribution in [1.29, 1.82) is 0 Å². The summed E-state index contributed by atoms with van der Waals surface area (Å²) in [6.45, 7) is 3.32. The molecular formula is C15H18N2O2. The molecular weight excluding hydrogens is 240 g/mol. The highest BCUT2D eigenvalue weighted by molar-refractivity contribution is 5.70. The van der Waals surface area contributed by atoms with Crippen LogP contribution in [-0.2, 0) is 17.6 Å². The van der Waals surface area contributed by atoms with Gasteiger partial charge in [0.25, 0.3) is 0 Å². The number of fused-ring (bicyclic) bond motifs is 2. The zero-order valence-electron chi connectivity index (χ0n) is 10.9. The molecule has 4 heteroatoms. The van der Waals surface area contributed by atoms with Crippen LogP contribution in [0.1, 0.15) is 11.1 Å². The van der Waals surface area contributed by atoms with E-state index in [1.165, 1.54) is 11.1 Å². The number of carbonyl (C=O) groups is 1. The minimum absolute atomic E-state index is 0.126. The van der Waals surface area contributed by atoms with Gasteiger partial charge in [0.2, 0.25) is 0 Å². The molecule has 0 saturated carbocycles. The Morgan fingerprint density at radius 3 is 2.53 bits per heavy atom. The molecule has 1 aromatic rings. The standard InChI is InChI=1S/C15H18N2O2/c18-15-17-6-5-16(9-14(17)10-19-15)13-7-11-3-1-2-4-12(11)8-13/h1-4,13-14H,5-10H2. The van der Waals surface area contributed by atoms with Crippen LogP contribution in [-0.4, -0.2) is 54.2 Å². The van der Waals surface area contributed by atoms with Crippen LogP contribution in [0.15, 0.2) is 24.3 Å². The zero-order chi connectivity index (χ0) is 12.8. The van der Waals surface area contributed by atoms with Gasteiger partial charge in [0.05, 0.1) is 6.04 Å². The molecule has 2 aliphatic heterocycles. The molecule has 1 aliphatic carbocycles. The second-order valence-electron chi connectivity index (χ2n) is 5.75. The molecule has 2 heterocycles.